The number of hydrogen-bond donors (Lipinski definition) is 2. The first-order chi connectivity index (χ1) is 9.06. The van der Waals surface area contributed by atoms with E-state index >= 15 is 0 Å². The largest absolute Gasteiger partial charge is 0.353 e. The third-order valence-electron chi connectivity index (χ3n) is 2.76. The van der Waals surface area contributed by atoms with Crippen molar-refractivity contribution >= 4 is 27.7 Å². The van der Waals surface area contributed by atoms with Crippen molar-refractivity contribution in [2.75, 3.05) is 6.54 Å². The van der Waals surface area contributed by atoms with Gasteiger partial charge in [-0.05, 0) is 47.0 Å². The van der Waals surface area contributed by atoms with E-state index in [2.05, 4.69) is 26.6 Å². The summed E-state index contributed by atoms with van der Waals surface area (Å²) in [7, 11) is 0. The summed E-state index contributed by atoms with van der Waals surface area (Å²) in [6.45, 7) is 0.270. The first kappa shape index (κ1) is 14.0. The zero-order valence-electron chi connectivity index (χ0n) is 10.2. The Labute approximate surface area is 118 Å². The molecule has 2 N–H and O–H groups in total. The molecular weight excluding hydrogens is 315 g/mol. The molecule has 0 aliphatic heterocycles. The fourth-order valence-corrected chi connectivity index (χ4v) is 1.94. The molecule has 0 bridgehead atoms. The lowest BCUT2D eigenvalue weighted by Crippen LogP contribution is -2.31. The molecule has 1 fully saturated rings. The lowest BCUT2D eigenvalue weighted by Gasteiger charge is -2.06. The Bertz CT molecular complexity index is 503. The fourth-order valence-electron chi connectivity index (χ4n) is 1.56. The minimum absolute atomic E-state index is 0.0527. The summed E-state index contributed by atoms with van der Waals surface area (Å²) in [6.07, 6.45) is 2.34. The molecule has 0 aromatic heterocycles. The van der Waals surface area contributed by atoms with Gasteiger partial charge in [0.15, 0.2) is 0 Å². The standard InChI is InChI=1S/C13H14BrFN2O2/c14-10-7-8(1-4-11(10)15)13(19)16-6-5-12(18)17-9-2-3-9/h1,4,7,9H,2-3,5-6H2,(H,16,19)(H,17,18). The highest BCUT2D eigenvalue weighted by atomic mass is 79.9. The lowest BCUT2D eigenvalue weighted by molar-refractivity contribution is -0.121. The predicted molar refractivity (Wildman–Crippen MR) is 72.2 cm³/mol. The number of hydrogen-bond acceptors (Lipinski definition) is 2. The van der Waals surface area contributed by atoms with Crippen molar-refractivity contribution < 1.29 is 14.0 Å². The summed E-state index contributed by atoms with van der Waals surface area (Å²) in [5.41, 5.74) is 0.357. The molecule has 2 rings (SSSR count). The van der Waals surface area contributed by atoms with Gasteiger partial charge in [-0.2, -0.15) is 0 Å². The molecule has 1 aromatic carbocycles. The van der Waals surface area contributed by atoms with E-state index in [-0.39, 0.29) is 29.3 Å². The Hall–Kier alpha value is -1.43. The highest BCUT2D eigenvalue weighted by Gasteiger charge is 2.22. The van der Waals surface area contributed by atoms with Crippen LogP contribution in [0.4, 0.5) is 4.39 Å². The van der Waals surface area contributed by atoms with E-state index in [1.807, 2.05) is 0 Å². The second kappa shape index (κ2) is 6.14. The number of carbonyl (C=O) groups excluding carboxylic acids is 2. The smallest absolute Gasteiger partial charge is 0.251 e. The number of halogens is 2. The van der Waals surface area contributed by atoms with Crippen LogP contribution >= 0.6 is 15.9 Å². The Balaban J connectivity index is 1.76. The second-order valence-electron chi connectivity index (χ2n) is 4.48. The van der Waals surface area contributed by atoms with Crippen molar-refractivity contribution in [2.45, 2.75) is 25.3 Å². The van der Waals surface area contributed by atoms with Gasteiger partial charge < -0.3 is 10.6 Å². The van der Waals surface area contributed by atoms with Gasteiger partial charge in [0.25, 0.3) is 5.91 Å². The molecule has 4 nitrogen and oxygen atoms in total. The number of nitrogens with one attached hydrogen (secondary N) is 2. The van der Waals surface area contributed by atoms with Crippen LogP contribution in [0.5, 0.6) is 0 Å². The quantitative estimate of drug-likeness (QED) is 0.868. The monoisotopic (exact) mass is 328 g/mol. The maximum absolute atomic E-state index is 13.0. The summed E-state index contributed by atoms with van der Waals surface area (Å²) >= 11 is 3.02. The summed E-state index contributed by atoms with van der Waals surface area (Å²) < 4.78 is 13.3. The molecule has 0 heterocycles. The number of carbonyl (C=O) groups is 2. The van der Waals surface area contributed by atoms with Crippen LogP contribution < -0.4 is 10.6 Å². The van der Waals surface area contributed by atoms with Gasteiger partial charge in [0.1, 0.15) is 5.82 Å². The molecule has 0 spiro atoms. The number of rotatable bonds is 5. The summed E-state index contributed by atoms with van der Waals surface area (Å²) in [4.78, 5) is 23.1. The Morgan fingerprint density at radius 1 is 1.37 bits per heavy atom. The van der Waals surface area contributed by atoms with E-state index < -0.39 is 5.82 Å². The molecule has 6 heteroatoms. The Kier molecular flexibility index (Phi) is 4.52. The van der Waals surface area contributed by atoms with Crippen LogP contribution in [-0.4, -0.2) is 24.4 Å². The highest BCUT2D eigenvalue weighted by molar-refractivity contribution is 9.10. The van der Waals surface area contributed by atoms with E-state index in [4.69, 9.17) is 0 Å². The van der Waals surface area contributed by atoms with Crippen LogP contribution in [0.2, 0.25) is 0 Å². The number of benzene rings is 1. The minimum atomic E-state index is -0.416. The Morgan fingerprint density at radius 2 is 2.11 bits per heavy atom. The average Bonchev–Trinajstić information content (AvgIpc) is 3.16. The lowest BCUT2D eigenvalue weighted by atomic mass is 10.2. The molecule has 0 saturated heterocycles. The summed E-state index contributed by atoms with van der Waals surface area (Å²) in [5, 5.41) is 5.46. The van der Waals surface area contributed by atoms with E-state index in [9.17, 15) is 14.0 Å². The van der Waals surface area contributed by atoms with Gasteiger partial charge in [-0.15, -0.1) is 0 Å². The molecule has 1 aliphatic carbocycles. The van der Waals surface area contributed by atoms with Crippen molar-refractivity contribution in [3.63, 3.8) is 0 Å². The van der Waals surface area contributed by atoms with Crippen LogP contribution in [0.1, 0.15) is 29.6 Å². The fraction of sp³-hybridized carbons (Fsp3) is 0.385. The molecule has 1 saturated carbocycles. The average molecular weight is 329 g/mol. The molecule has 1 aliphatic rings. The third-order valence-corrected chi connectivity index (χ3v) is 3.37. The molecule has 0 radical (unpaired) electrons. The molecule has 1 aromatic rings. The molecule has 102 valence electrons. The van der Waals surface area contributed by atoms with Gasteiger partial charge in [-0.1, -0.05) is 0 Å². The number of amides is 2. The zero-order chi connectivity index (χ0) is 13.8. The van der Waals surface area contributed by atoms with Crippen LogP contribution in [0.3, 0.4) is 0 Å². The second-order valence-corrected chi connectivity index (χ2v) is 5.33. The molecule has 2 amide bonds. The van der Waals surface area contributed by atoms with E-state index in [0.717, 1.165) is 12.8 Å². The van der Waals surface area contributed by atoms with Crippen molar-refractivity contribution in [3.05, 3.63) is 34.1 Å². The van der Waals surface area contributed by atoms with Gasteiger partial charge >= 0.3 is 0 Å². The zero-order valence-corrected chi connectivity index (χ0v) is 11.8. The van der Waals surface area contributed by atoms with Crippen molar-refractivity contribution in [1.29, 1.82) is 0 Å². The minimum Gasteiger partial charge on any atom is -0.353 e. The topological polar surface area (TPSA) is 58.2 Å². The van der Waals surface area contributed by atoms with Crippen LogP contribution in [0.25, 0.3) is 0 Å². The summed E-state index contributed by atoms with van der Waals surface area (Å²) in [5.74, 6) is -0.789. The van der Waals surface area contributed by atoms with Crippen LogP contribution in [-0.2, 0) is 4.79 Å². The van der Waals surface area contributed by atoms with E-state index in [0.29, 0.717) is 11.6 Å². The van der Waals surface area contributed by atoms with Crippen molar-refractivity contribution in [1.82, 2.24) is 10.6 Å². The van der Waals surface area contributed by atoms with Crippen molar-refractivity contribution in [3.8, 4) is 0 Å². The van der Waals surface area contributed by atoms with E-state index in [1.165, 1.54) is 18.2 Å². The predicted octanol–water partition coefficient (Wildman–Crippen LogP) is 1.99. The highest BCUT2D eigenvalue weighted by Crippen LogP contribution is 2.18. The maximum atomic E-state index is 13.0. The normalized spacial score (nSPS) is 14.0. The Morgan fingerprint density at radius 3 is 2.74 bits per heavy atom. The van der Waals surface area contributed by atoms with E-state index in [1.54, 1.807) is 0 Å². The van der Waals surface area contributed by atoms with Gasteiger partial charge in [0, 0.05) is 24.6 Å². The molecule has 0 atom stereocenters. The first-order valence-corrected chi connectivity index (χ1v) is 6.88. The van der Waals surface area contributed by atoms with Gasteiger partial charge in [-0.3, -0.25) is 9.59 Å². The first-order valence-electron chi connectivity index (χ1n) is 6.09. The maximum Gasteiger partial charge on any atom is 0.251 e. The summed E-state index contributed by atoms with van der Waals surface area (Å²) in [6, 6.07) is 4.37. The molecule has 19 heavy (non-hydrogen) atoms. The SMILES string of the molecule is O=C(CCNC(=O)c1ccc(F)c(Br)c1)NC1CC1. The van der Waals surface area contributed by atoms with Crippen LogP contribution in [0, 0.1) is 5.82 Å². The van der Waals surface area contributed by atoms with Gasteiger partial charge in [0.05, 0.1) is 4.47 Å². The third kappa shape index (κ3) is 4.31. The van der Waals surface area contributed by atoms with Gasteiger partial charge in [0.2, 0.25) is 5.91 Å². The van der Waals surface area contributed by atoms with Crippen molar-refractivity contribution in [2.24, 2.45) is 0 Å². The molecular formula is C13H14BrFN2O2. The van der Waals surface area contributed by atoms with Crippen LogP contribution in [0.15, 0.2) is 22.7 Å². The van der Waals surface area contributed by atoms with Gasteiger partial charge in [-0.25, -0.2) is 4.39 Å². The molecule has 0 unspecified atom stereocenters.